The molecule has 0 aliphatic carbocycles. The van der Waals surface area contributed by atoms with Gasteiger partial charge >= 0.3 is 0 Å². The number of halogens is 2. The van der Waals surface area contributed by atoms with Crippen LogP contribution in [0.3, 0.4) is 0 Å². The van der Waals surface area contributed by atoms with Crippen LogP contribution in [0.15, 0.2) is 52.9 Å². The lowest BCUT2D eigenvalue weighted by molar-refractivity contribution is 0.0949. The van der Waals surface area contributed by atoms with Gasteiger partial charge in [0, 0.05) is 13.0 Å². The zero-order valence-corrected chi connectivity index (χ0v) is 12.5. The molecule has 0 aliphatic heterocycles. The number of nitrogens with zero attached hydrogens (tertiary/aromatic N) is 2. The molecular formula is C17H13F2N3O2. The summed E-state index contributed by atoms with van der Waals surface area (Å²) < 4.78 is 32.5. The van der Waals surface area contributed by atoms with Crippen molar-refractivity contribution in [1.29, 1.82) is 0 Å². The number of carbonyl (C=O) groups is 1. The summed E-state index contributed by atoms with van der Waals surface area (Å²) in [6, 6.07) is 11.8. The van der Waals surface area contributed by atoms with E-state index in [0.29, 0.717) is 0 Å². The summed E-state index contributed by atoms with van der Waals surface area (Å²) in [5, 5.41) is 10.2. The van der Waals surface area contributed by atoms with Crippen LogP contribution in [0.25, 0.3) is 11.5 Å². The van der Waals surface area contributed by atoms with E-state index in [4.69, 9.17) is 4.42 Å². The molecule has 3 rings (SSSR count). The van der Waals surface area contributed by atoms with Crippen LogP contribution in [0.4, 0.5) is 8.78 Å². The number of benzene rings is 2. The summed E-state index contributed by atoms with van der Waals surface area (Å²) in [6.07, 6.45) is 0.252. The molecule has 122 valence electrons. The first-order valence-corrected chi connectivity index (χ1v) is 7.25. The molecule has 1 heterocycles. The summed E-state index contributed by atoms with van der Waals surface area (Å²) in [4.78, 5) is 11.9. The van der Waals surface area contributed by atoms with E-state index in [9.17, 15) is 13.6 Å². The molecular weight excluding hydrogens is 316 g/mol. The zero-order valence-electron chi connectivity index (χ0n) is 12.5. The van der Waals surface area contributed by atoms with Crippen LogP contribution in [0.1, 0.15) is 16.2 Å². The lowest BCUT2D eigenvalue weighted by Gasteiger charge is -2.04. The van der Waals surface area contributed by atoms with Crippen molar-refractivity contribution in [2.45, 2.75) is 6.42 Å². The largest absolute Gasteiger partial charge is 0.421 e. The zero-order chi connectivity index (χ0) is 16.9. The van der Waals surface area contributed by atoms with E-state index in [-0.39, 0.29) is 35.9 Å². The maximum Gasteiger partial charge on any atom is 0.254 e. The molecule has 7 heteroatoms. The maximum absolute atomic E-state index is 13.6. The summed E-state index contributed by atoms with van der Waals surface area (Å²) in [6.45, 7) is 0.187. The first-order valence-electron chi connectivity index (χ1n) is 7.25. The number of hydrogen-bond donors (Lipinski definition) is 1. The highest BCUT2D eigenvalue weighted by molar-refractivity contribution is 5.94. The molecule has 1 amide bonds. The third kappa shape index (κ3) is 3.45. The Labute approximate surface area is 136 Å². The average Bonchev–Trinajstić information content (AvgIpc) is 3.04. The summed E-state index contributed by atoms with van der Waals surface area (Å²) in [5.74, 6) is -1.25. The molecule has 0 aliphatic rings. The lowest BCUT2D eigenvalue weighted by atomic mass is 10.2. The van der Waals surface area contributed by atoms with Crippen molar-refractivity contribution in [2.75, 3.05) is 6.54 Å². The van der Waals surface area contributed by atoms with Gasteiger partial charge in [-0.25, -0.2) is 8.78 Å². The van der Waals surface area contributed by atoms with E-state index < -0.39 is 17.5 Å². The average molecular weight is 329 g/mol. The van der Waals surface area contributed by atoms with Gasteiger partial charge in [0.25, 0.3) is 11.8 Å². The molecule has 0 fully saturated rings. The van der Waals surface area contributed by atoms with E-state index >= 15 is 0 Å². The molecule has 1 N–H and O–H groups in total. The van der Waals surface area contributed by atoms with Crippen molar-refractivity contribution in [3.8, 4) is 11.5 Å². The molecule has 1 aromatic heterocycles. The molecule has 0 bridgehead atoms. The number of rotatable bonds is 5. The monoisotopic (exact) mass is 329 g/mol. The Bertz CT molecular complexity index is 864. The Hall–Kier alpha value is -3.09. The summed E-state index contributed by atoms with van der Waals surface area (Å²) >= 11 is 0. The minimum absolute atomic E-state index is 0.0323. The van der Waals surface area contributed by atoms with Crippen LogP contribution in [0, 0.1) is 11.6 Å². The fourth-order valence-corrected chi connectivity index (χ4v) is 2.12. The van der Waals surface area contributed by atoms with Gasteiger partial charge in [-0.3, -0.25) is 4.79 Å². The second-order valence-corrected chi connectivity index (χ2v) is 4.97. The van der Waals surface area contributed by atoms with Gasteiger partial charge in [-0.05, 0) is 24.3 Å². The second kappa shape index (κ2) is 6.99. The van der Waals surface area contributed by atoms with Crippen molar-refractivity contribution in [2.24, 2.45) is 0 Å². The van der Waals surface area contributed by atoms with Gasteiger partial charge in [-0.2, -0.15) is 0 Å². The summed E-state index contributed by atoms with van der Waals surface area (Å²) in [5.41, 5.74) is 0.182. The van der Waals surface area contributed by atoms with Gasteiger partial charge in [0.05, 0.1) is 11.1 Å². The van der Waals surface area contributed by atoms with Gasteiger partial charge in [0.2, 0.25) is 5.89 Å². The van der Waals surface area contributed by atoms with E-state index in [2.05, 4.69) is 15.5 Å². The molecule has 0 spiro atoms. The molecule has 3 aromatic rings. The lowest BCUT2D eigenvalue weighted by Crippen LogP contribution is -2.26. The van der Waals surface area contributed by atoms with Gasteiger partial charge in [-0.15, -0.1) is 10.2 Å². The molecule has 0 saturated heterocycles. The van der Waals surface area contributed by atoms with Crippen LogP contribution in [0.5, 0.6) is 0 Å². The number of hydrogen-bond acceptors (Lipinski definition) is 4. The molecule has 0 saturated carbocycles. The fraction of sp³-hybridized carbons (Fsp3) is 0.118. The highest BCUT2D eigenvalue weighted by atomic mass is 19.1. The van der Waals surface area contributed by atoms with Crippen molar-refractivity contribution >= 4 is 5.91 Å². The normalized spacial score (nSPS) is 10.6. The first-order chi connectivity index (χ1) is 11.6. The van der Waals surface area contributed by atoms with Gasteiger partial charge in [-0.1, -0.05) is 24.3 Å². The van der Waals surface area contributed by atoms with Gasteiger partial charge < -0.3 is 9.73 Å². The van der Waals surface area contributed by atoms with E-state index in [1.807, 2.05) is 0 Å². The number of carbonyl (C=O) groups excluding carboxylic acids is 1. The summed E-state index contributed by atoms with van der Waals surface area (Å²) in [7, 11) is 0. The standard InChI is InChI=1S/C17H13F2N3O2/c18-13-7-3-1-5-11(13)16(23)20-10-9-15-21-22-17(24-15)12-6-2-4-8-14(12)19/h1-8H,9-10H2,(H,20,23). The molecule has 5 nitrogen and oxygen atoms in total. The maximum atomic E-state index is 13.6. The van der Waals surface area contributed by atoms with Crippen LogP contribution in [0.2, 0.25) is 0 Å². The molecule has 0 unspecified atom stereocenters. The van der Waals surface area contributed by atoms with Crippen LogP contribution in [-0.4, -0.2) is 22.6 Å². The SMILES string of the molecule is O=C(NCCc1nnc(-c2ccccc2F)o1)c1ccccc1F. The van der Waals surface area contributed by atoms with Crippen molar-refractivity contribution in [3.63, 3.8) is 0 Å². The fourth-order valence-electron chi connectivity index (χ4n) is 2.12. The Balaban J connectivity index is 1.59. The molecule has 0 atom stereocenters. The van der Waals surface area contributed by atoms with E-state index in [1.54, 1.807) is 18.2 Å². The predicted molar refractivity (Wildman–Crippen MR) is 82.1 cm³/mol. The Morgan fingerprint density at radius 3 is 2.46 bits per heavy atom. The molecule has 24 heavy (non-hydrogen) atoms. The van der Waals surface area contributed by atoms with E-state index in [0.717, 1.165) is 0 Å². The first kappa shape index (κ1) is 15.8. The van der Waals surface area contributed by atoms with Crippen LogP contribution < -0.4 is 5.32 Å². The number of nitrogens with one attached hydrogen (secondary N) is 1. The Morgan fingerprint density at radius 2 is 1.71 bits per heavy atom. The van der Waals surface area contributed by atoms with Crippen LogP contribution >= 0.6 is 0 Å². The number of aromatic nitrogens is 2. The molecule has 0 radical (unpaired) electrons. The van der Waals surface area contributed by atoms with Crippen molar-refractivity contribution in [3.05, 3.63) is 71.6 Å². The Kier molecular flexibility index (Phi) is 4.60. The smallest absolute Gasteiger partial charge is 0.254 e. The molecule has 2 aromatic carbocycles. The minimum atomic E-state index is -0.588. The number of amides is 1. The van der Waals surface area contributed by atoms with E-state index in [1.165, 1.54) is 30.3 Å². The predicted octanol–water partition coefficient (Wildman–Crippen LogP) is 2.99. The van der Waals surface area contributed by atoms with Crippen LogP contribution in [-0.2, 0) is 6.42 Å². The third-order valence-electron chi connectivity index (χ3n) is 3.31. The van der Waals surface area contributed by atoms with Gasteiger partial charge in [0.1, 0.15) is 11.6 Å². The highest BCUT2D eigenvalue weighted by Crippen LogP contribution is 2.20. The quantitative estimate of drug-likeness (QED) is 0.781. The topological polar surface area (TPSA) is 68.0 Å². The highest BCUT2D eigenvalue weighted by Gasteiger charge is 2.13. The van der Waals surface area contributed by atoms with Crippen molar-refractivity contribution < 1.29 is 18.0 Å². The van der Waals surface area contributed by atoms with Gasteiger partial charge in [0.15, 0.2) is 0 Å². The second-order valence-electron chi connectivity index (χ2n) is 4.97. The minimum Gasteiger partial charge on any atom is -0.421 e. The Morgan fingerprint density at radius 1 is 1.00 bits per heavy atom. The third-order valence-corrected chi connectivity index (χ3v) is 3.31. The van der Waals surface area contributed by atoms with Crippen molar-refractivity contribution in [1.82, 2.24) is 15.5 Å².